The smallest absolute Gasteiger partial charge is 0.120 e. The molecule has 1 aliphatic rings. The molecule has 0 amide bonds. The molecular formula is C21H25NO2S. The van der Waals surface area contributed by atoms with Crippen LogP contribution >= 0.6 is 12.2 Å². The van der Waals surface area contributed by atoms with E-state index in [0.717, 1.165) is 35.0 Å². The Hall–Kier alpha value is -1.91. The number of ether oxygens (including phenoxy) is 2. The summed E-state index contributed by atoms with van der Waals surface area (Å²) < 4.78 is 11.7. The van der Waals surface area contributed by atoms with E-state index >= 15 is 0 Å². The molecule has 4 heteroatoms. The number of rotatable bonds is 4. The summed E-state index contributed by atoms with van der Waals surface area (Å²) >= 11 is 5.71. The highest BCUT2D eigenvalue weighted by Gasteiger charge is 2.24. The highest BCUT2D eigenvalue weighted by atomic mass is 32.1. The molecule has 25 heavy (non-hydrogen) atoms. The Bertz CT molecular complexity index is 719. The van der Waals surface area contributed by atoms with Gasteiger partial charge < -0.3 is 14.4 Å². The lowest BCUT2D eigenvalue weighted by atomic mass is 10.1. The number of hydrogen-bond acceptors (Lipinski definition) is 3. The van der Waals surface area contributed by atoms with E-state index in [0.29, 0.717) is 6.61 Å². The van der Waals surface area contributed by atoms with Crippen LogP contribution in [0.3, 0.4) is 0 Å². The van der Waals surface area contributed by atoms with Gasteiger partial charge in [0.15, 0.2) is 0 Å². The van der Waals surface area contributed by atoms with Gasteiger partial charge in [0.05, 0.1) is 12.2 Å². The molecule has 2 atom stereocenters. The summed E-state index contributed by atoms with van der Waals surface area (Å²) in [6.07, 6.45) is 0.394. The predicted octanol–water partition coefficient (Wildman–Crippen LogP) is 4.36. The molecule has 0 bridgehead atoms. The molecule has 3 nitrogen and oxygen atoms in total. The fraction of sp³-hybridized carbons (Fsp3) is 0.381. The summed E-state index contributed by atoms with van der Waals surface area (Å²) in [4.78, 5) is 3.09. The molecule has 1 heterocycles. The van der Waals surface area contributed by atoms with Crippen LogP contribution in [0.1, 0.15) is 30.5 Å². The topological polar surface area (TPSA) is 21.7 Å². The average Bonchev–Trinajstić information content (AvgIpc) is 2.60. The zero-order valence-corrected chi connectivity index (χ0v) is 15.9. The lowest BCUT2D eigenvalue weighted by Gasteiger charge is -2.37. The van der Waals surface area contributed by atoms with E-state index in [-0.39, 0.29) is 12.2 Å². The number of aryl methyl sites for hydroxylation is 1. The Labute approximate surface area is 155 Å². The lowest BCUT2D eigenvalue weighted by molar-refractivity contribution is -0.0472. The van der Waals surface area contributed by atoms with E-state index in [2.05, 4.69) is 49.9 Å². The zero-order valence-electron chi connectivity index (χ0n) is 15.1. The van der Waals surface area contributed by atoms with Crippen molar-refractivity contribution < 1.29 is 9.47 Å². The molecule has 1 fully saturated rings. The molecule has 0 spiro atoms. The average molecular weight is 356 g/mol. The van der Waals surface area contributed by atoms with Gasteiger partial charge in [0.25, 0.3) is 0 Å². The van der Waals surface area contributed by atoms with Gasteiger partial charge in [0, 0.05) is 18.7 Å². The molecular weight excluding hydrogens is 330 g/mol. The minimum absolute atomic E-state index is 0.197. The number of morpholine rings is 1. The standard InChI is InChI=1S/C21H25NO2S/c1-15-7-9-18(10-8-15)14-23-20-6-4-5-19(11-20)21(25)22-12-16(2)24-17(3)13-22/h4-11,16-17H,12-14H2,1-3H3. The minimum Gasteiger partial charge on any atom is -0.489 e. The molecule has 0 aliphatic carbocycles. The predicted molar refractivity (Wildman–Crippen MR) is 105 cm³/mol. The quantitative estimate of drug-likeness (QED) is 0.760. The second-order valence-electron chi connectivity index (χ2n) is 6.77. The maximum absolute atomic E-state index is 5.95. The van der Waals surface area contributed by atoms with Crippen LogP contribution in [0.5, 0.6) is 5.75 Å². The fourth-order valence-electron chi connectivity index (χ4n) is 3.10. The van der Waals surface area contributed by atoms with Crippen molar-refractivity contribution in [2.45, 2.75) is 39.6 Å². The first-order chi connectivity index (χ1) is 12.0. The molecule has 2 aromatic rings. The van der Waals surface area contributed by atoms with E-state index < -0.39 is 0 Å². The van der Waals surface area contributed by atoms with Crippen LogP contribution in [0.15, 0.2) is 48.5 Å². The second kappa shape index (κ2) is 7.98. The van der Waals surface area contributed by atoms with Crippen LogP contribution in [0, 0.1) is 6.92 Å². The van der Waals surface area contributed by atoms with Gasteiger partial charge in [-0.1, -0.05) is 54.2 Å². The summed E-state index contributed by atoms with van der Waals surface area (Å²) in [7, 11) is 0. The minimum atomic E-state index is 0.197. The number of hydrogen-bond donors (Lipinski definition) is 0. The van der Waals surface area contributed by atoms with Crippen molar-refractivity contribution >= 4 is 17.2 Å². The van der Waals surface area contributed by atoms with Crippen LogP contribution in [0.2, 0.25) is 0 Å². The molecule has 0 aromatic heterocycles. The highest BCUT2D eigenvalue weighted by molar-refractivity contribution is 7.80. The number of nitrogens with zero attached hydrogens (tertiary/aromatic N) is 1. The van der Waals surface area contributed by atoms with Gasteiger partial charge >= 0.3 is 0 Å². The van der Waals surface area contributed by atoms with Crippen LogP contribution < -0.4 is 4.74 Å². The van der Waals surface area contributed by atoms with Crippen molar-refractivity contribution in [2.24, 2.45) is 0 Å². The molecule has 0 radical (unpaired) electrons. The van der Waals surface area contributed by atoms with Gasteiger partial charge in [-0.3, -0.25) is 0 Å². The van der Waals surface area contributed by atoms with E-state index in [1.807, 2.05) is 24.3 Å². The zero-order chi connectivity index (χ0) is 17.8. The maximum Gasteiger partial charge on any atom is 0.120 e. The van der Waals surface area contributed by atoms with Gasteiger partial charge in [-0.2, -0.15) is 0 Å². The van der Waals surface area contributed by atoms with Crippen LogP contribution in [0.25, 0.3) is 0 Å². The Morgan fingerprint density at radius 1 is 1.12 bits per heavy atom. The van der Waals surface area contributed by atoms with Crippen LogP contribution in [-0.2, 0) is 11.3 Å². The Balaban J connectivity index is 1.66. The van der Waals surface area contributed by atoms with Gasteiger partial charge in [-0.05, 0) is 38.5 Å². The first-order valence-corrected chi connectivity index (χ1v) is 9.15. The van der Waals surface area contributed by atoms with Crippen molar-refractivity contribution in [3.8, 4) is 5.75 Å². The van der Waals surface area contributed by atoms with Gasteiger partial charge in [0.2, 0.25) is 0 Å². The van der Waals surface area contributed by atoms with E-state index in [9.17, 15) is 0 Å². The van der Waals surface area contributed by atoms with Crippen molar-refractivity contribution in [1.29, 1.82) is 0 Å². The monoisotopic (exact) mass is 355 g/mol. The first kappa shape index (κ1) is 17.9. The summed E-state index contributed by atoms with van der Waals surface area (Å²) in [6.45, 7) is 8.48. The second-order valence-corrected chi connectivity index (χ2v) is 7.16. The van der Waals surface area contributed by atoms with E-state index in [1.165, 1.54) is 5.56 Å². The van der Waals surface area contributed by atoms with E-state index in [4.69, 9.17) is 21.7 Å². The van der Waals surface area contributed by atoms with Crippen molar-refractivity contribution in [3.63, 3.8) is 0 Å². The van der Waals surface area contributed by atoms with Gasteiger partial charge in [-0.15, -0.1) is 0 Å². The Kier molecular flexibility index (Phi) is 5.71. The van der Waals surface area contributed by atoms with Crippen molar-refractivity contribution in [3.05, 3.63) is 65.2 Å². The molecule has 3 rings (SSSR count). The van der Waals surface area contributed by atoms with E-state index in [1.54, 1.807) is 0 Å². The maximum atomic E-state index is 5.95. The Morgan fingerprint density at radius 3 is 2.48 bits per heavy atom. The van der Waals surface area contributed by atoms with Crippen LogP contribution in [0.4, 0.5) is 0 Å². The fourth-order valence-corrected chi connectivity index (χ4v) is 3.37. The number of benzene rings is 2. The third-order valence-electron chi connectivity index (χ3n) is 4.31. The third kappa shape index (κ3) is 4.80. The molecule has 2 unspecified atom stereocenters. The summed E-state index contributed by atoms with van der Waals surface area (Å²) in [5.74, 6) is 0.842. The largest absolute Gasteiger partial charge is 0.489 e. The summed E-state index contributed by atoms with van der Waals surface area (Å²) in [5, 5.41) is 0. The molecule has 2 aromatic carbocycles. The normalized spacial score (nSPS) is 20.4. The molecule has 0 saturated carbocycles. The third-order valence-corrected chi connectivity index (χ3v) is 4.81. The van der Waals surface area contributed by atoms with Crippen molar-refractivity contribution in [1.82, 2.24) is 4.90 Å². The highest BCUT2D eigenvalue weighted by Crippen LogP contribution is 2.20. The van der Waals surface area contributed by atoms with Gasteiger partial charge in [0.1, 0.15) is 17.3 Å². The van der Waals surface area contributed by atoms with Crippen LogP contribution in [-0.4, -0.2) is 35.2 Å². The molecule has 0 N–H and O–H groups in total. The molecule has 1 aliphatic heterocycles. The summed E-state index contributed by atoms with van der Waals surface area (Å²) in [6, 6.07) is 16.5. The Morgan fingerprint density at radius 2 is 1.80 bits per heavy atom. The SMILES string of the molecule is Cc1ccc(COc2cccc(C(=S)N3CC(C)OC(C)C3)c2)cc1. The molecule has 132 valence electrons. The first-order valence-electron chi connectivity index (χ1n) is 8.74. The van der Waals surface area contributed by atoms with Gasteiger partial charge in [-0.25, -0.2) is 0 Å². The molecule has 1 saturated heterocycles. The lowest BCUT2D eigenvalue weighted by Crippen LogP contribution is -2.47. The number of thiocarbonyl (C=S) groups is 1. The summed E-state index contributed by atoms with van der Waals surface area (Å²) in [5.41, 5.74) is 3.44. The van der Waals surface area contributed by atoms with Crippen molar-refractivity contribution in [2.75, 3.05) is 13.1 Å².